The van der Waals surface area contributed by atoms with E-state index in [1.807, 2.05) is 36.9 Å². The number of rotatable bonds is 5. The highest BCUT2D eigenvalue weighted by Gasteiger charge is 2.09. The maximum Gasteiger partial charge on any atom is 0.207 e. The SMILES string of the molecule is CSCC(C)Nc1nc(C)cn1-c1ccccc1. The van der Waals surface area contributed by atoms with Crippen LogP contribution < -0.4 is 5.32 Å². The number of hydrogen-bond acceptors (Lipinski definition) is 3. The maximum absolute atomic E-state index is 4.55. The molecule has 1 heterocycles. The average Bonchev–Trinajstić information content (AvgIpc) is 2.71. The van der Waals surface area contributed by atoms with E-state index < -0.39 is 0 Å². The molecule has 0 amide bonds. The van der Waals surface area contributed by atoms with E-state index in [9.17, 15) is 0 Å². The van der Waals surface area contributed by atoms with Crippen molar-refractivity contribution in [1.29, 1.82) is 0 Å². The van der Waals surface area contributed by atoms with Crippen LogP contribution >= 0.6 is 11.8 Å². The summed E-state index contributed by atoms with van der Waals surface area (Å²) < 4.78 is 2.10. The van der Waals surface area contributed by atoms with Crippen LogP contribution in [-0.2, 0) is 0 Å². The van der Waals surface area contributed by atoms with Crippen molar-refractivity contribution in [3.63, 3.8) is 0 Å². The number of imidazole rings is 1. The first kappa shape index (κ1) is 13.0. The first-order chi connectivity index (χ1) is 8.70. The van der Waals surface area contributed by atoms with E-state index in [1.54, 1.807) is 0 Å². The summed E-state index contributed by atoms with van der Waals surface area (Å²) in [5.41, 5.74) is 2.16. The second kappa shape index (κ2) is 5.96. The van der Waals surface area contributed by atoms with E-state index >= 15 is 0 Å². The molecular formula is C14H19N3S. The molecule has 0 aliphatic carbocycles. The summed E-state index contributed by atoms with van der Waals surface area (Å²) in [6.07, 6.45) is 4.18. The Morgan fingerprint density at radius 1 is 1.33 bits per heavy atom. The Bertz CT molecular complexity index is 493. The molecule has 2 aromatic rings. The van der Waals surface area contributed by atoms with Gasteiger partial charge in [-0.3, -0.25) is 4.57 Å². The molecule has 18 heavy (non-hydrogen) atoms. The second-order valence-corrected chi connectivity index (χ2v) is 5.32. The second-order valence-electron chi connectivity index (χ2n) is 4.41. The molecule has 3 nitrogen and oxygen atoms in total. The predicted octanol–water partition coefficient (Wildman–Crippen LogP) is 3.34. The van der Waals surface area contributed by atoms with Crippen LogP contribution in [0.5, 0.6) is 0 Å². The molecule has 1 N–H and O–H groups in total. The fourth-order valence-corrected chi connectivity index (χ4v) is 2.48. The van der Waals surface area contributed by atoms with Crippen LogP contribution in [0.3, 0.4) is 0 Å². The molecule has 0 bridgehead atoms. The van der Waals surface area contributed by atoms with Gasteiger partial charge in [0.1, 0.15) is 0 Å². The molecule has 4 heteroatoms. The minimum absolute atomic E-state index is 0.407. The van der Waals surface area contributed by atoms with E-state index in [0.717, 1.165) is 23.1 Å². The quantitative estimate of drug-likeness (QED) is 0.895. The molecule has 0 aliphatic rings. The predicted molar refractivity (Wildman–Crippen MR) is 79.8 cm³/mol. The first-order valence-electron chi connectivity index (χ1n) is 6.07. The summed E-state index contributed by atoms with van der Waals surface area (Å²) in [4.78, 5) is 4.55. The molecular weight excluding hydrogens is 242 g/mol. The molecule has 0 saturated carbocycles. The van der Waals surface area contributed by atoms with Crippen LogP contribution in [0.4, 0.5) is 5.95 Å². The monoisotopic (exact) mass is 261 g/mol. The van der Waals surface area contributed by atoms with Crippen molar-refractivity contribution in [2.45, 2.75) is 19.9 Å². The highest BCUT2D eigenvalue weighted by atomic mass is 32.2. The lowest BCUT2D eigenvalue weighted by atomic mass is 10.3. The van der Waals surface area contributed by atoms with Crippen molar-refractivity contribution in [3.8, 4) is 5.69 Å². The van der Waals surface area contributed by atoms with Crippen LogP contribution in [0.15, 0.2) is 36.5 Å². The summed E-state index contributed by atoms with van der Waals surface area (Å²) in [6, 6.07) is 10.7. The molecule has 96 valence electrons. The average molecular weight is 261 g/mol. The minimum atomic E-state index is 0.407. The van der Waals surface area contributed by atoms with Crippen LogP contribution in [0, 0.1) is 6.92 Å². The number of para-hydroxylation sites is 1. The lowest BCUT2D eigenvalue weighted by molar-refractivity contribution is 0.875. The number of anilines is 1. The molecule has 2 rings (SSSR count). The number of benzene rings is 1. The van der Waals surface area contributed by atoms with E-state index in [0.29, 0.717) is 6.04 Å². The topological polar surface area (TPSA) is 29.9 Å². The van der Waals surface area contributed by atoms with Gasteiger partial charge in [-0.2, -0.15) is 11.8 Å². The molecule has 0 saturated heterocycles. The van der Waals surface area contributed by atoms with Gasteiger partial charge in [-0.15, -0.1) is 0 Å². The van der Waals surface area contributed by atoms with Crippen molar-refractivity contribution < 1.29 is 0 Å². The van der Waals surface area contributed by atoms with Gasteiger partial charge in [0.2, 0.25) is 5.95 Å². The zero-order valence-electron chi connectivity index (χ0n) is 11.1. The number of thioether (sulfide) groups is 1. The van der Waals surface area contributed by atoms with Gasteiger partial charge in [0.05, 0.1) is 5.69 Å². The smallest absolute Gasteiger partial charge is 0.207 e. The molecule has 0 spiro atoms. The van der Waals surface area contributed by atoms with Gasteiger partial charge < -0.3 is 5.32 Å². The van der Waals surface area contributed by atoms with E-state index in [4.69, 9.17) is 0 Å². The van der Waals surface area contributed by atoms with Gasteiger partial charge in [-0.05, 0) is 32.2 Å². The third kappa shape index (κ3) is 3.07. The molecule has 0 fully saturated rings. The summed E-state index contributed by atoms with van der Waals surface area (Å²) in [6.45, 7) is 4.19. The zero-order valence-corrected chi connectivity index (χ0v) is 11.9. The number of hydrogen-bond donors (Lipinski definition) is 1. The highest BCUT2D eigenvalue weighted by Crippen LogP contribution is 2.17. The first-order valence-corrected chi connectivity index (χ1v) is 7.47. The van der Waals surface area contributed by atoms with Crippen LogP contribution in [-0.4, -0.2) is 27.6 Å². The Morgan fingerprint density at radius 3 is 2.72 bits per heavy atom. The normalized spacial score (nSPS) is 12.4. The van der Waals surface area contributed by atoms with E-state index in [-0.39, 0.29) is 0 Å². The summed E-state index contributed by atoms with van der Waals surface area (Å²) >= 11 is 1.84. The Morgan fingerprint density at radius 2 is 2.06 bits per heavy atom. The summed E-state index contributed by atoms with van der Waals surface area (Å²) in [7, 11) is 0. The Kier molecular flexibility index (Phi) is 4.31. The lowest BCUT2D eigenvalue weighted by Crippen LogP contribution is -2.20. The minimum Gasteiger partial charge on any atom is -0.352 e. The third-order valence-corrected chi connectivity index (χ3v) is 3.49. The molecule has 1 atom stereocenters. The van der Waals surface area contributed by atoms with Crippen LogP contribution in [0.1, 0.15) is 12.6 Å². The van der Waals surface area contributed by atoms with Gasteiger partial charge in [-0.25, -0.2) is 4.98 Å². The van der Waals surface area contributed by atoms with Gasteiger partial charge in [-0.1, -0.05) is 18.2 Å². The fourth-order valence-electron chi connectivity index (χ4n) is 1.90. The molecule has 1 aromatic carbocycles. The fraction of sp³-hybridized carbons (Fsp3) is 0.357. The Balaban J connectivity index is 2.26. The lowest BCUT2D eigenvalue weighted by Gasteiger charge is -2.14. The van der Waals surface area contributed by atoms with E-state index in [1.165, 1.54) is 0 Å². The van der Waals surface area contributed by atoms with Gasteiger partial charge in [0.25, 0.3) is 0 Å². The molecule has 0 radical (unpaired) electrons. The van der Waals surface area contributed by atoms with E-state index in [2.05, 4.69) is 46.4 Å². The number of aromatic nitrogens is 2. The Labute approximate surface area is 113 Å². The number of nitrogens with zero attached hydrogens (tertiary/aromatic N) is 2. The van der Waals surface area contributed by atoms with Gasteiger partial charge in [0, 0.05) is 23.7 Å². The molecule has 0 aliphatic heterocycles. The molecule has 1 aromatic heterocycles. The highest BCUT2D eigenvalue weighted by molar-refractivity contribution is 7.98. The van der Waals surface area contributed by atoms with Crippen molar-refractivity contribution >= 4 is 17.7 Å². The van der Waals surface area contributed by atoms with Crippen molar-refractivity contribution in [2.75, 3.05) is 17.3 Å². The summed E-state index contributed by atoms with van der Waals surface area (Å²) in [5.74, 6) is 1.99. The van der Waals surface area contributed by atoms with Crippen molar-refractivity contribution in [1.82, 2.24) is 9.55 Å². The summed E-state index contributed by atoms with van der Waals surface area (Å²) in [5, 5.41) is 3.46. The Hall–Kier alpha value is -1.42. The van der Waals surface area contributed by atoms with Crippen molar-refractivity contribution in [3.05, 3.63) is 42.2 Å². The third-order valence-electron chi connectivity index (χ3n) is 2.65. The van der Waals surface area contributed by atoms with Gasteiger partial charge in [0.15, 0.2) is 0 Å². The van der Waals surface area contributed by atoms with Crippen LogP contribution in [0.25, 0.3) is 5.69 Å². The maximum atomic E-state index is 4.55. The molecule has 1 unspecified atom stereocenters. The number of nitrogens with one attached hydrogen (secondary N) is 1. The van der Waals surface area contributed by atoms with Crippen LogP contribution in [0.2, 0.25) is 0 Å². The largest absolute Gasteiger partial charge is 0.352 e. The van der Waals surface area contributed by atoms with Gasteiger partial charge >= 0.3 is 0 Å². The zero-order chi connectivity index (χ0) is 13.0. The number of aryl methyl sites for hydroxylation is 1. The van der Waals surface area contributed by atoms with Crippen molar-refractivity contribution in [2.24, 2.45) is 0 Å². The standard InChI is InChI=1S/C14H19N3S/c1-11-9-17(13-7-5-4-6-8-13)14(15-11)16-12(2)10-18-3/h4-9,12H,10H2,1-3H3,(H,15,16).